The number of ether oxygens (including phenoxy) is 1. The summed E-state index contributed by atoms with van der Waals surface area (Å²) in [7, 11) is 0. The van der Waals surface area contributed by atoms with E-state index in [0.29, 0.717) is 22.8 Å². The third-order valence-electron chi connectivity index (χ3n) is 9.85. The van der Waals surface area contributed by atoms with Crippen molar-refractivity contribution in [1.29, 1.82) is 0 Å². The first-order valence-corrected chi connectivity index (χ1v) is 15.7. The van der Waals surface area contributed by atoms with Crippen molar-refractivity contribution in [3.05, 3.63) is 87.0 Å². The monoisotopic (exact) mass is 626 g/mol. The highest BCUT2D eigenvalue weighted by Crippen LogP contribution is 2.65. The summed E-state index contributed by atoms with van der Waals surface area (Å²) in [6.07, 6.45) is 5.26. The lowest BCUT2D eigenvalue weighted by atomic mass is 9.62. The van der Waals surface area contributed by atoms with E-state index >= 15 is 0 Å². The minimum atomic E-state index is -1.03. The molecule has 2 saturated heterocycles. The van der Waals surface area contributed by atoms with Crippen molar-refractivity contribution >= 4 is 34.8 Å². The number of nitrogens with two attached hydrogens (primary N) is 1. The Hall–Kier alpha value is -2.62. The van der Waals surface area contributed by atoms with Crippen LogP contribution in [-0.2, 0) is 14.9 Å². The Bertz CT molecular complexity index is 1550. The van der Waals surface area contributed by atoms with Crippen molar-refractivity contribution in [2.45, 2.75) is 75.8 Å². The minimum absolute atomic E-state index is 0.0147. The number of nitrogens with zero attached hydrogens (tertiary/aromatic N) is 2. The number of aliphatic hydroxyl groups is 1. The van der Waals surface area contributed by atoms with Crippen molar-refractivity contribution in [3.8, 4) is 0 Å². The summed E-state index contributed by atoms with van der Waals surface area (Å²) in [6.45, 7) is 7.11. The zero-order valence-electron chi connectivity index (χ0n) is 24.5. The van der Waals surface area contributed by atoms with E-state index in [2.05, 4.69) is 31.0 Å². The highest BCUT2D eigenvalue weighted by Gasteiger charge is 2.73. The molecule has 1 aliphatic carbocycles. The maximum Gasteiger partial charge on any atom is 0.246 e. The quantitative estimate of drug-likeness (QED) is 0.393. The molecule has 2 aromatic rings. The van der Waals surface area contributed by atoms with E-state index in [1.807, 2.05) is 35.3 Å². The van der Waals surface area contributed by atoms with Gasteiger partial charge in [-0.25, -0.2) is 4.39 Å². The van der Waals surface area contributed by atoms with Gasteiger partial charge in [-0.05, 0) is 78.1 Å². The summed E-state index contributed by atoms with van der Waals surface area (Å²) in [4.78, 5) is 19.3. The average molecular weight is 628 g/mol. The Kier molecular flexibility index (Phi) is 6.91. The lowest BCUT2D eigenvalue weighted by Gasteiger charge is -2.46. The number of allylic oxidation sites excluding steroid dienone is 2. The van der Waals surface area contributed by atoms with Crippen molar-refractivity contribution < 1.29 is 19.0 Å². The molecule has 0 radical (unpaired) electrons. The van der Waals surface area contributed by atoms with Gasteiger partial charge >= 0.3 is 0 Å². The molecule has 1 spiro atoms. The Labute approximate surface area is 261 Å². The number of fused-ring (bicyclic) bond motifs is 3. The fourth-order valence-corrected chi connectivity index (χ4v) is 8.50. The second-order valence-electron chi connectivity index (χ2n) is 13.7. The molecule has 6 unspecified atom stereocenters. The van der Waals surface area contributed by atoms with Crippen LogP contribution >= 0.6 is 23.2 Å². The van der Waals surface area contributed by atoms with E-state index in [1.54, 1.807) is 12.1 Å². The molecule has 0 bridgehead atoms. The summed E-state index contributed by atoms with van der Waals surface area (Å²) in [6, 6.07) is 9.47. The topological polar surface area (TPSA) is 91.1 Å². The summed E-state index contributed by atoms with van der Waals surface area (Å²) < 4.78 is 20.5. The standard InChI is InChI=1S/C33H37Cl2FN4O3/c1-32(2,3)14-26-33(22-10-7-19(34)13-25(22)38-31(33)42)27(18-6-11-24(36)23(35)12-18)28-30(41)39(29(40(26)28)17-4-5-17)20-8-9-21(15-37)43-16-20/h6-13,17,26-29,31,38,42H,4-5,14-16,37H2,1-3H3. The number of aliphatic hydroxyl groups excluding tert-OH is 1. The molecule has 5 aliphatic rings. The van der Waals surface area contributed by atoms with Crippen molar-refractivity contribution in [2.24, 2.45) is 17.1 Å². The predicted octanol–water partition coefficient (Wildman–Crippen LogP) is 5.72. The number of carbonyl (C=O) groups is 1. The van der Waals surface area contributed by atoms with Crippen molar-refractivity contribution in [2.75, 3.05) is 18.5 Å². The number of nitrogens with one attached hydrogen (secondary N) is 1. The molecule has 10 heteroatoms. The highest BCUT2D eigenvalue weighted by molar-refractivity contribution is 6.31. The van der Waals surface area contributed by atoms with Crippen LogP contribution in [0, 0.1) is 17.2 Å². The van der Waals surface area contributed by atoms with Gasteiger partial charge in [-0.2, -0.15) is 0 Å². The van der Waals surface area contributed by atoms with E-state index in [-0.39, 0.29) is 47.6 Å². The molecule has 4 aliphatic heterocycles. The number of anilines is 1. The average Bonchev–Trinajstić information content (AvgIpc) is 3.63. The van der Waals surface area contributed by atoms with Crippen molar-refractivity contribution in [3.63, 3.8) is 0 Å². The first kappa shape index (κ1) is 29.1. The molecule has 7 nitrogen and oxygen atoms in total. The normalized spacial score (nSPS) is 32.0. The number of hydrogen-bond acceptors (Lipinski definition) is 6. The third-order valence-corrected chi connectivity index (χ3v) is 10.4. The fourth-order valence-electron chi connectivity index (χ4n) is 8.14. The van der Waals surface area contributed by atoms with Crippen LogP contribution in [0.25, 0.3) is 0 Å². The van der Waals surface area contributed by atoms with Crippen LogP contribution < -0.4 is 11.1 Å². The molecule has 1 amide bonds. The third kappa shape index (κ3) is 4.44. The maximum absolute atomic E-state index is 15.0. The van der Waals surface area contributed by atoms with E-state index in [0.717, 1.165) is 29.8 Å². The minimum Gasteiger partial charge on any atom is -0.490 e. The molecule has 4 N–H and O–H groups in total. The summed E-state index contributed by atoms with van der Waals surface area (Å²) in [5.41, 5.74) is 7.88. The zero-order chi connectivity index (χ0) is 30.4. The van der Waals surface area contributed by atoms with Crippen LogP contribution in [0.2, 0.25) is 10.0 Å². The molecule has 4 heterocycles. The number of carbonyl (C=O) groups excluding carboxylic acids is 1. The van der Waals surface area contributed by atoms with Gasteiger partial charge in [0.15, 0.2) is 0 Å². The number of halogens is 3. The first-order valence-electron chi connectivity index (χ1n) is 15.0. The Morgan fingerprint density at radius 1 is 1.16 bits per heavy atom. The van der Waals surface area contributed by atoms with E-state index in [1.165, 1.54) is 6.07 Å². The van der Waals surface area contributed by atoms with Gasteiger partial charge in [-0.1, -0.05) is 56.1 Å². The predicted molar refractivity (Wildman–Crippen MR) is 165 cm³/mol. The molecule has 0 aromatic heterocycles. The Morgan fingerprint density at radius 3 is 2.56 bits per heavy atom. The van der Waals surface area contributed by atoms with E-state index in [9.17, 15) is 14.3 Å². The Morgan fingerprint density at radius 2 is 1.93 bits per heavy atom. The first-order chi connectivity index (χ1) is 20.5. The van der Waals surface area contributed by atoms with Gasteiger partial charge in [0.05, 0.1) is 34.9 Å². The van der Waals surface area contributed by atoms with Crippen LogP contribution in [0.4, 0.5) is 10.1 Å². The van der Waals surface area contributed by atoms with Gasteiger partial charge in [0.1, 0.15) is 24.4 Å². The fraction of sp³-hybridized carbons (Fsp3) is 0.485. The summed E-state index contributed by atoms with van der Waals surface area (Å²) in [5, 5.41) is 16.1. The van der Waals surface area contributed by atoms with E-state index < -0.39 is 29.4 Å². The maximum atomic E-state index is 15.0. The summed E-state index contributed by atoms with van der Waals surface area (Å²) >= 11 is 12.8. The van der Waals surface area contributed by atoms with Gasteiger partial charge < -0.3 is 20.9 Å². The van der Waals surface area contributed by atoms with E-state index in [4.69, 9.17) is 33.7 Å². The number of hydrogen-bond donors (Lipinski definition) is 3. The molecular formula is C33H37Cl2FN4O3. The van der Waals surface area contributed by atoms with Crippen LogP contribution in [0.15, 0.2) is 60.0 Å². The molecule has 7 rings (SSSR count). The lowest BCUT2D eigenvalue weighted by molar-refractivity contribution is -0.129. The second-order valence-corrected chi connectivity index (χ2v) is 14.6. The molecule has 3 fully saturated rings. The van der Waals surface area contributed by atoms with Crippen LogP contribution in [0.3, 0.4) is 0 Å². The molecule has 2 aromatic carbocycles. The van der Waals surface area contributed by atoms with Crippen molar-refractivity contribution in [1.82, 2.24) is 9.80 Å². The SMILES string of the molecule is CC(C)(C)CC1N2C(C(=O)N(C3=CC=C(CN)OC3)C2C2CC2)C(c2ccc(F)c(Cl)c2)C12c1ccc(Cl)cc1NC2O. The van der Waals surface area contributed by atoms with Crippen LogP contribution in [-0.4, -0.2) is 58.4 Å². The van der Waals surface area contributed by atoms with Crippen LogP contribution in [0.5, 0.6) is 0 Å². The van der Waals surface area contributed by atoms with Gasteiger partial charge in [0.25, 0.3) is 0 Å². The molecular weight excluding hydrogens is 590 g/mol. The molecule has 1 saturated carbocycles. The van der Waals surface area contributed by atoms with Gasteiger partial charge in [0, 0.05) is 22.7 Å². The van der Waals surface area contributed by atoms with Gasteiger partial charge in [0.2, 0.25) is 5.91 Å². The second kappa shape index (κ2) is 10.2. The number of amides is 1. The largest absolute Gasteiger partial charge is 0.490 e. The van der Waals surface area contributed by atoms with Crippen LogP contribution in [0.1, 0.15) is 57.1 Å². The summed E-state index contributed by atoms with van der Waals surface area (Å²) in [5.74, 6) is -0.159. The molecule has 43 heavy (non-hydrogen) atoms. The zero-order valence-corrected chi connectivity index (χ0v) is 26.0. The molecule has 228 valence electrons. The highest BCUT2D eigenvalue weighted by atomic mass is 35.5. The Balaban J connectivity index is 1.48. The number of benzene rings is 2. The van der Waals surface area contributed by atoms with Gasteiger partial charge in [-0.15, -0.1) is 0 Å². The molecule has 6 atom stereocenters. The number of rotatable bonds is 5. The lowest BCUT2D eigenvalue weighted by Crippen LogP contribution is -2.56. The smallest absolute Gasteiger partial charge is 0.246 e. The van der Waals surface area contributed by atoms with Gasteiger partial charge in [-0.3, -0.25) is 14.6 Å².